The fourth-order valence-electron chi connectivity index (χ4n) is 2.27. The van der Waals surface area contributed by atoms with Gasteiger partial charge >= 0.3 is 0 Å². The first-order valence-corrected chi connectivity index (χ1v) is 5.63. The van der Waals surface area contributed by atoms with Crippen LogP contribution in [0.1, 0.15) is 25.0 Å². The molecule has 2 rings (SSSR count). The molecule has 0 saturated carbocycles. The summed E-state index contributed by atoms with van der Waals surface area (Å²) in [5.41, 5.74) is 8.92. The highest BCUT2D eigenvalue weighted by Gasteiger charge is 2.20. The first-order chi connectivity index (χ1) is 7.04. The highest BCUT2D eigenvalue weighted by Crippen LogP contribution is 2.19. The minimum Gasteiger partial charge on any atom is -0.324 e. The number of hydrogen-bond acceptors (Lipinski definition) is 2. The molecular weight excluding hydrogens is 220 g/mol. The van der Waals surface area contributed by atoms with Crippen LogP contribution in [0.5, 0.6) is 0 Å². The van der Waals surface area contributed by atoms with Crippen LogP contribution in [0.2, 0.25) is 0 Å². The summed E-state index contributed by atoms with van der Waals surface area (Å²) in [6.45, 7) is 7.34. The molecule has 0 fully saturated rings. The Balaban J connectivity index is 0.00000128. The molecule has 1 aromatic carbocycles. The summed E-state index contributed by atoms with van der Waals surface area (Å²) in [7, 11) is 0. The maximum atomic E-state index is 6.04. The second-order valence-electron chi connectivity index (χ2n) is 5.22. The molecule has 90 valence electrons. The molecule has 0 amide bonds. The van der Waals surface area contributed by atoms with E-state index in [1.54, 1.807) is 0 Å². The zero-order valence-corrected chi connectivity index (χ0v) is 10.9. The van der Waals surface area contributed by atoms with Crippen molar-refractivity contribution >= 4 is 12.4 Å². The van der Waals surface area contributed by atoms with E-state index in [1.165, 1.54) is 11.1 Å². The zero-order chi connectivity index (χ0) is 10.9. The quantitative estimate of drug-likeness (QED) is 0.859. The Morgan fingerprint density at radius 1 is 1.25 bits per heavy atom. The molecule has 1 aliphatic rings. The van der Waals surface area contributed by atoms with E-state index in [0.717, 1.165) is 26.1 Å². The van der Waals surface area contributed by atoms with E-state index >= 15 is 0 Å². The van der Waals surface area contributed by atoms with Gasteiger partial charge in [0.1, 0.15) is 0 Å². The summed E-state index contributed by atoms with van der Waals surface area (Å²) < 4.78 is 0. The molecule has 1 heterocycles. The fraction of sp³-hybridized carbons (Fsp3) is 0.538. The molecule has 0 saturated heterocycles. The highest BCUT2D eigenvalue weighted by atomic mass is 35.5. The third-order valence-electron chi connectivity index (χ3n) is 2.84. The lowest BCUT2D eigenvalue weighted by molar-refractivity contribution is 0.209. The van der Waals surface area contributed by atoms with Gasteiger partial charge in [0.25, 0.3) is 0 Å². The van der Waals surface area contributed by atoms with Crippen LogP contribution >= 0.6 is 12.4 Å². The van der Waals surface area contributed by atoms with Crippen LogP contribution in [0.4, 0.5) is 0 Å². The molecule has 2 N–H and O–H groups in total. The van der Waals surface area contributed by atoms with Gasteiger partial charge in [0, 0.05) is 25.2 Å². The average Bonchev–Trinajstić information content (AvgIpc) is 2.15. The lowest BCUT2D eigenvalue weighted by Gasteiger charge is -2.33. The van der Waals surface area contributed by atoms with E-state index in [0.29, 0.717) is 0 Å². The van der Waals surface area contributed by atoms with Crippen LogP contribution < -0.4 is 5.73 Å². The first-order valence-electron chi connectivity index (χ1n) is 5.63. The summed E-state index contributed by atoms with van der Waals surface area (Å²) >= 11 is 0. The number of benzene rings is 1. The number of nitrogens with zero attached hydrogens (tertiary/aromatic N) is 1. The Morgan fingerprint density at radius 3 is 2.50 bits per heavy atom. The van der Waals surface area contributed by atoms with E-state index in [9.17, 15) is 0 Å². The first kappa shape index (κ1) is 13.5. The van der Waals surface area contributed by atoms with Gasteiger partial charge in [-0.3, -0.25) is 4.90 Å². The Hall–Kier alpha value is -0.570. The van der Waals surface area contributed by atoms with Crippen molar-refractivity contribution in [1.29, 1.82) is 0 Å². The van der Waals surface area contributed by atoms with Gasteiger partial charge in [-0.25, -0.2) is 0 Å². The van der Waals surface area contributed by atoms with Crippen LogP contribution in [0.25, 0.3) is 0 Å². The van der Waals surface area contributed by atoms with Crippen LogP contribution in [-0.4, -0.2) is 23.5 Å². The number of nitrogens with two attached hydrogens (primary N) is 1. The zero-order valence-electron chi connectivity index (χ0n) is 10.1. The lowest BCUT2D eigenvalue weighted by atomic mass is 9.98. The van der Waals surface area contributed by atoms with Gasteiger partial charge in [-0.15, -0.1) is 12.4 Å². The van der Waals surface area contributed by atoms with E-state index in [-0.39, 0.29) is 17.9 Å². The second kappa shape index (κ2) is 5.17. The topological polar surface area (TPSA) is 29.3 Å². The van der Waals surface area contributed by atoms with Crippen molar-refractivity contribution in [3.63, 3.8) is 0 Å². The molecule has 1 aliphatic heterocycles. The van der Waals surface area contributed by atoms with Crippen molar-refractivity contribution in [1.82, 2.24) is 4.90 Å². The normalized spacial score (nSPS) is 16.4. The third kappa shape index (κ3) is 3.48. The molecule has 0 radical (unpaired) electrons. The van der Waals surface area contributed by atoms with Crippen LogP contribution in [0.15, 0.2) is 24.3 Å². The maximum absolute atomic E-state index is 6.04. The standard InChI is InChI=1S/C13H20N2.ClH/c1-13(2,14)10-15-8-7-11-5-3-4-6-12(11)9-15;/h3-6H,7-10,14H2,1-2H3;1H. The molecule has 16 heavy (non-hydrogen) atoms. The van der Waals surface area contributed by atoms with Gasteiger partial charge in [-0.2, -0.15) is 0 Å². The minimum absolute atomic E-state index is 0. The number of halogens is 1. The molecule has 2 nitrogen and oxygen atoms in total. The SMILES string of the molecule is CC(C)(N)CN1CCc2ccccc2C1.Cl. The Kier molecular flexibility index (Phi) is 4.36. The van der Waals surface area contributed by atoms with Crippen molar-refractivity contribution in [3.8, 4) is 0 Å². The predicted octanol–water partition coefficient (Wildman–Crippen LogP) is 2.20. The summed E-state index contributed by atoms with van der Waals surface area (Å²) in [4.78, 5) is 2.45. The van der Waals surface area contributed by atoms with Crippen LogP contribution in [-0.2, 0) is 13.0 Å². The number of fused-ring (bicyclic) bond motifs is 1. The van der Waals surface area contributed by atoms with Crippen molar-refractivity contribution < 1.29 is 0 Å². The van der Waals surface area contributed by atoms with E-state index in [4.69, 9.17) is 5.73 Å². The van der Waals surface area contributed by atoms with Gasteiger partial charge in [0.2, 0.25) is 0 Å². The molecule has 0 aromatic heterocycles. The fourth-order valence-corrected chi connectivity index (χ4v) is 2.27. The van der Waals surface area contributed by atoms with Crippen molar-refractivity contribution in [2.24, 2.45) is 5.73 Å². The molecule has 0 atom stereocenters. The summed E-state index contributed by atoms with van der Waals surface area (Å²) in [6, 6.07) is 8.71. The largest absolute Gasteiger partial charge is 0.324 e. The molecule has 0 aliphatic carbocycles. The Bertz CT molecular complexity index is 344. The molecule has 1 aromatic rings. The summed E-state index contributed by atoms with van der Waals surface area (Å²) in [5.74, 6) is 0. The smallest absolute Gasteiger partial charge is 0.0237 e. The van der Waals surface area contributed by atoms with E-state index in [2.05, 4.69) is 43.0 Å². The van der Waals surface area contributed by atoms with Gasteiger partial charge in [-0.1, -0.05) is 24.3 Å². The Morgan fingerprint density at radius 2 is 1.88 bits per heavy atom. The molecule has 0 bridgehead atoms. The van der Waals surface area contributed by atoms with Gasteiger partial charge in [-0.05, 0) is 31.4 Å². The monoisotopic (exact) mass is 240 g/mol. The average molecular weight is 241 g/mol. The molecule has 0 spiro atoms. The van der Waals surface area contributed by atoms with E-state index in [1.807, 2.05) is 0 Å². The third-order valence-corrected chi connectivity index (χ3v) is 2.84. The number of hydrogen-bond donors (Lipinski definition) is 1. The Labute approximate surface area is 104 Å². The van der Waals surface area contributed by atoms with Gasteiger partial charge in [0.05, 0.1) is 0 Å². The van der Waals surface area contributed by atoms with Crippen LogP contribution in [0, 0.1) is 0 Å². The van der Waals surface area contributed by atoms with E-state index < -0.39 is 0 Å². The van der Waals surface area contributed by atoms with Crippen molar-refractivity contribution in [3.05, 3.63) is 35.4 Å². The van der Waals surface area contributed by atoms with Crippen molar-refractivity contribution in [2.45, 2.75) is 32.4 Å². The van der Waals surface area contributed by atoms with Gasteiger partial charge in [0.15, 0.2) is 0 Å². The predicted molar refractivity (Wildman–Crippen MR) is 70.9 cm³/mol. The molecule has 0 unspecified atom stereocenters. The summed E-state index contributed by atoms with van der Waals surface area (Å²) in [5, 5.41) is 0. The second-order valence-corrected chi connectivity index (χ2v) is 5.22. The number of rotatable bonds is 2. The molecule has 3 heteroatoms. The minimum atomic E-state index is -0.0910. The maximum Gasteiger partial charge on any atom is 0.0237 e. The molecular formula is C13H21ClN2. The highest BCUT2D eigenvalue weighted by molar-refractivity contribution is 5.85. The van der Waals surface area contributed by atoms with Gasteiger partial charge < -0.3 is 5.73 Å². The van der Waals surface area contributed by atoms with Crippen LogP contribution in [0.3, 0.4) is 0 Å². The van der Waals surface area contributed by atoms with Crippen molar-refractivity contribution in [2.75, 3.05) is 13.1 Å². The lowest BCUT2D eigenvalue weighted by Crippen LogP contribution is -2.46. The summed E-state index contributed by atoms with van der Waals surface area (Å²) in [6.07, 6.45) is 1.16.